The van der Waals surface area contributed by atoms with Crippen LogP contribution in [-0.4, -0.2) is 43.6 Å². The third-order valence-electron chi connectivity index (χ3n) is 4.60. The van der Waals surface area contributed by atoms with E-state index in [0.717, 1.165) is 22.2 Å². The van der Waals surface area contributed by atoms with Crippen molar-refractivity contribution >= 4 is 22.8 Å². The number of nitrogens with one attached hydrogen (secondary N) is 2. The lowest BCUT2D eigenvalue weighted by Crippen LogP contribution is -2.36. The van der Waals surface area contributed by atoms with Gasteiger partial charge in [-0.15, -0.1) is 0 Å². The molecule has 0 saturated carbocycles. The molecule has 0 fully saturated rings. The molecule has 1 aromatic carbocycles. The molecule has 128 valence electrons. The molecular weight excluding hydrogens is 327 g/mol. The number of carbonyl (C=O) groups excluding carboxylic acids is 1. The number of aromatic nitrogens is 3. The molecule has 0 bridgehead atoms. The monoisotopic (exact) mass is 342 g/mol. The van der Waals surface area contributed by atoms with E-state index in [0.29, 0.717) is 25.0 Å². The molecular formula is C17H15FN4O3. The number of hydrogen-bond donors (Lipinski definition) is 3. The first kappa shape index (κ1) is 15.4. The van der Waals surface area contributed by atoms with Gasteiger partial charge < -0.3 is 15.0 Å². The van der Waals surface area contributed by atoms with Crippen molar-refractivity contribution in [3.8, 4) is 0 Å². The maximum Gasteiger partial charge on any atom is 0.353 e. The van der Waals surface area contributed by atoms with Crippen molar-refractivity contribution in [2.24, 2.45) is 0 Å². The van der Waals surface area contributed by atoms with Crippen LogP contribution in [0.25, 0.3) is 10.9 Å². The molecule has 3 N–H and O–H groups in total. The van der Waals surface area contributed by atoms with Crippen molar-refractivity contribution in [1.29, 1.82) is 0 Å². The number of fused-ring (bicyclic) bond motifs is 3. The molecule has 25 heavy (non-hydrogen) atoms. The smallest absolute Gasteiger partial charge is 0.353 e. The summed E-state index contributed by atoms with van der Waals surface area (Å²) in [6, 6.07) is 4.37. The molecule has 1 aliphatic rings. The Morgan fingerprint density at radius 3 is 2.88 bits per heavy atom. The third-order valence-corrected chi connectivity index (χ3v) is 4.60. The van der Waals surface area contributed by atoms with Crippen LogP contribution >= 0.6 is 0 Å². The summed E-state index contributed by atoms with van der Waals surface area (Å²) in [5, 5.41) is 15.9. The fourth-order valence-electron chi connectivity index (χ4n) is 3.35. The molecule has 0 saturated heterocycles. The van der Waals surface area contributed by atoms with Crippen molar-refractivity contribution in [1.82, 2.24) is 20.1 Å². The summed E-state index contributed by atoms with van der Waals surface area (Å²) in [4.78, 5) is 28.3. The van der Waals surface area contributed by atoms with Crippen molar-refractivity contribution in [2.75, 3.05) is 6.54 Å². The molecule has 2 aromatic heterocycles. The standard InChI is InChI=1S/C17H15FN4O3/c1-8-2-3-10(18)15-14(8)9-7-22(5-4-11(9)19-15)16(23)12-6-13(17(24)25)21-20-12/h2-3,6,19H,4-5,7H2,1H3,(H,20,21)(H,24,25). The van der Waals surface area contributed by atoms with Gasteiger partial charge in [-0.25, -0.2) is 9.18 Å². The van der Waals surface area contributed by atoms with Gasteiger partial charge in [0.25, 0.3) is 5.91 Å². The predicted octanol–water partition coefficient (Wildman–Crippen LogP) is 2.24. The van der Waals surface area contributed by atoms with Crippen molar-refractivity contribution in [3.05, 3.63) is 52.2 Å². The highest BCUT2D eigenvalue weighted by molar-refractivity contribution is 5.96. The van der Waals surface area contributed by atoms with E-state index in [9.17, 15) is 14.0 Å². The summed E-state index contributed by atoms with van der Waals surface area (Å²) in [5.74, 6) is -1.83. The van der Waals surface area contributed by atoms with Gasteiger partial charge >= 0.3 is 5.97 Å². The number of H-pyrrole nitrogens is 2. The van der Waals surface area contributed by atoms with E-state index in [1.807, 2.05) is 6.92 Å². The van der Waals surface area contributed by atoms with Gasteiger partial charge in [-0.1, -0.05) is 6.07 Å². The Balaban J connectivity index is 1.69. The highest BCUT2D eigenvalue weighted by atomic mass is 19.1. The quantitative estimate of drug-likeness (QED) is 0.664. The number of halogens is 1. The maximum absolute atomic E-state index is 14.1. The van der Waals surface area contributed by atoms with Crippen LogP contribution in [-0.2, 0) is 13.0 Å². The molecule has 0 atom stereocenters. The van der Waals surface area contributed by atoms with Crippen LogP contribution in [0.5, 0.6) is 0 Å². The molecule has 0 unspecified atom stereocenters. The molecule has 3 aromatic rings. The van der Waals surface area contributed by atoms with Gasteiger partial charge in [0.15, 0.2) is 5.69 Å². The van der Waals surface area contributed by atoms with Gasteiger partial charge in [0, 0.05) is 42.2 Å². The first-order chi connectivity index (χ1) is 12.0. The second kappa shape index (κ2) is 5.44. The van der Waals surface area contributed by atoms with Crippen LogP contribution in [0.3, 0.4) is 0 Å². The molecule has 1 amide bonds. The highest BCUT2D eigenvalue weighted by Gasteiger charge is 2.27. The number of benzene rings is 1. The summed E-state index contributed by atoms with van der Waals surface area (Å²) in [6.07, 6.45) is 0.574. The summed E-state index contributed by atoms with van der Waals surface area (Å²) in [6.45, 7) is 2.69. The number of rotatable bonds is 2. The van der Waals surface area contributed by atoms with Gasteiger partial charge in [-0.3, -0.25) is 9.89 Å². The maximum atomic E-state index is 14.1. The van der Waals surface area contributed by atoms with Crippen LogP contribution in [0.1, 0.15) is 37.8 Å². The minimum absolute atomic E-state index is 0.0589. The fraction of sp³-hybridized carbons (Fsp3) is 0.235. The van der Waals surface area contributed by atoms with Gasteiger partial charge in [0.1, 0.15) is 11.5 Å². The lowest BCUT2D eigenvalue weighted by atomic mass is 10.0. The second-order valence-corrected chi connectivity index (χ2v) is 6.15. The molecule has 1 aliphatic heterocycles. The summed E-state index contributed by atoms with van der Waals surface area (Å²) in [5.41, 5.74) is 3.17. The minimum atomic E-state index is -1.17. The van der Waals surface area contributed by atoms with Crippen molar-refractivity contribution in [2.45, 2.75) is 19.9 Å². The Kier molecular flexibility index (Phi) is 3.34. The number of carboxylic acid groups (broad SMARTS) is 1. The van der Waals surface area contributed by atoms with Crippen molar-refractivity contribution in [3.63, 3.8) is 0 Å². The summed E-state index contributed by atoms with van der Waals surface area (Å²) < 4.78 is 14.1. The Bertz CT molecular complexity index is 1020. The van der Waals surface area contributed by atoms with E-state index >= 15 is 0 Å². The van der Waals surface area contributed by atoms with Crippen LogP contribution in [0.2, 0.25) is 0 Å². The molecule has 4 rings (SSSR count). The molecule has 8 heteroatoms. The second-order valence-electron chi connectivity index (χ2n) is 6.15. The zero-order chi connectivity index (χ0) is 17.7. The lowest BCUT2D eigenvalue weighted by Gasteiger charge is -2.26. The summed E-state index contributed by atoms with van der Waals surface area (Å²) >= 11 is 0. The first-order valence-electron chi connectivity index (χ1n) is 7.82. The number of aromatic carboxylic acids is 1. The number of aromatic amines is 2. The minimum Gasteiger partial charge on any atom is -0.477 e. The van der Waals surface area contributed by atoms with Gasteiger partial charge in [0.2, 0.25) is 0 Å². The van der Waals surface area contributed by atoms with Crippen LogP contribution < -0.4 is 0 Å². The van der Waals surface area contributed by atoms with Crippen LogP contribution in [0, 0.1) is 12.7 Å². The SMILES string of the molecule is Cc1ccc(F)c2[nH]c3c(c12)CN(C(=O)c1cc(C(=O)O)[nH]n1)CC3. The number of carboxylic acids is 1. The average Bonchev–Trinajstić information content (AvgIpc) is 3.22. The predicted molar refractivity (Wildman–Crippen MR) is 87.0 cm³/mol. The summed E-state index contributed by atoms with van der Waals surface area (Å²) in [7, 11) is 0. The Hall–Kier alpha value is -3.16. The van der Waals surface area contributed by atoms with Gasteiger partial charge in [-0.05, 0) is 18.6 Å². The third kappa shape index (κ3) is 2.37. The Morgan fingerprint density at radius 1 is 1.36 bits per heavy atom. The Morgan fingerprint density at radius 2 is 2.16 bits per heavy atom. The highest BCUT2D eigenvalue weighted by Crippen LogP contribution is 2.32. The first-order valence-corrected chi connectivity index (χ1v) is 7.82. The molecule has 0 radical (unpaired) electrons. The van der Waals surface area contributed by atoms with E-state index in [1.54, 1.807) is 11.0 Å². The Labute approximate surface area is 141 Å². The molecule has 3 heterocycles. The molecule has 7 nitrogen and oxygen atoms in total. The van der Waals surface area contributed by atoms with Gasteiger partial charge in [-0.2, -0.15) is 5.10 Å². The topological polar surface area (TPSA) is 102 Å². The van der Waals surface area contributed by atoms with E-state index in [4.69, 9.17) is 5.11 Å². The number of amides is 1. The van der Waals surface area contributed by atoms with Crippen LogP contribution in [0.15, 0.2) is 18.2 Å². The number of nitrogens with zero attached hydrogens (tertiary/aromatic N) is 2. The zero-order valence-corrected chi connectivity index (χ0v) is 13.4. The van der Waals surface area contributed by atoms with E-state index in [-0.39, 0.29) is 23.1 Å². The number of hydrogen-bond acceptors (Lipinski definition) is 3. The number of aryl methyl sites for hydroxylation is 1. The van der Waals surface area contributed by atoms with E-state index < -0.39 is 5.97 Å². The fourth-order valence-corrected chi connectivity index (χ4v) is 3.35. The largest absolute Gasteiger partial charge is 0.477 e. The van der Waals surface area contributed by atoms with E-state index in [1.165, 1.54) is 12.1 Å². The number of carbonyl (C=O) groups is 2. The lowest BCUT2D eigenvalue weighted by molar-refractivity contribution is 0.0689. The van der Waals surface area contributed by atoms with Crippen LogP contribution in [0.4, 0.5) is 4.39 Å². The zero-order valence-electron chi connectivity index (χ0n) is 13.4. The molecule has 0 spiro atoms. The van der Waals surface area contributed by atoms with E-state index in [2.05, 4.69) is 15.2 Å². The van der Waals surface area contributed by atoms with Gasteiger partial charge in [0.05, 0.1) is 5.52 Å². The van der Waals surface area contributed by atoms with Crippen molar-refractivity contribution < 1.29 is 19.1 Å². The molecule has 0 aliphatic carbocycles. The normalized spacial score (nSPS) is 13.9. The average molecular weight is 342 g/mol.